The average molecular weight is 389 g/mol. The maximum absolute atomic E-state index is 12.9. The molecule has 28 heavy (non-hydrogen) atoms. The SMILES string of the molecule is CCc1ccc(N2C(=O)C(=O)/C(=C(\O)c3ccccc3)C2c2cccs2)cc1. The van der Waals surface area contributed by atoms with Crippen LogP contribution in [-0.4, -0.2) is 16.8 Å². The van der Waals surface area contributed by atoms with Crippen molar-refractivity contribution in [2.75, 3.05) is 4.90 Å². The summed E-state index contributed by atoms with van der Waals surface area (Å²) in [5.74, 6) is -1.44. The van der Waals surface area contributed by atoms with Crippen LogP contribution in [0.25, 0.3) is 5.76 Å². The Kier molecular flexibility index (Phi) is 4.84. The molecular formula is C23H19NO3S. The van der Waals surface area contributed by atoms with Crippen LogP contribution in [0.1, 0.15) is 29.0 Å². The van der Waals surface area contributed by atoms with Gasteiger partial charge in [0.25, 0.3) is 11.7 Å². The van der Waals surface area contributed by atoms with Crippen LogP contribution in [0.2, 0.25) is 0 Å². The minimum atomic E-state index is -0.667. The number of carbonyl (C=O) groups is 2. The molecule has 3 aromatic rings. The third-order valence-electron chi connectivity index (χ3n) is 4.93. The zero-order valence-corrected chi connectivity index (χ0v) is 16.1. The van der Waals surface area contributed by atoms with Crippen molar-refractivity contribution in [3.05, 3.63) is 93.7 Å². The van der Waals surface area contributed by atoms with Gasteiger partial charge in [-0.25, -0.2) is 0 Å². The summed E-state index contributed by atoms with van der Waals surface area (Å²) in [5, 5.41) is 12.8. The molecule has 1 unspecified atom stereocenters. The number of Topliss-reactive ketones (excluding diaryl/α,β-unsaturated/α-hetero) is 1. The Bertz CT molecular complexity index is 1040. The molecule has 1 amide bonds. The van der Waals surface area contributed by atoms with Crippen LogP contribution in [0, 0.1) is 0 Å². The summed E-state index contributed by atoms with van der Waals surface area (Å²) in [7, 11) is 0. The molecule has 2 heterocycles. The first-order valence-electron chi connectivity index (χ1n) is 9.10. The molecule has 5 heteroatoms. The van der Waals surface area contributed by atoms with Crippen LogP contribution in [0.4, 0.5) is 5.69 Å². The molecule has 0 saturated carbocycles. The van der Waals surface area contributed by atoms with E-state index in [1.165, 1.54) is 16.2 Å². The van der Waals surface area contributed by atoms with E-state index in [1.54, 1.807) is 24.3 Å². The third-order valence-corrected chi connectivity index (χ3v) is 5.85. The average Bonchev–Trinajstić information content (AvgIpc) is 3.35. The van der Waals surface area contributed by atoms with E-state index in [2.05, 4.69) is 6.92 Å². The molecular weight excluding hydrogens is 370 g/mol. The fourth-order valence-corrected chi connectivity index (χ4v) is 4.28. The molecule has 1 fully saturated rings. The minimum Gasteiger partial charge on any atom is -0.507 e. The van der Waals surface area contributed by atoms with Crippen molar-refractivity contribution in [1.29, 1.82) is 0 Å². The van der Waals surface area contributed by atoms with Crippen molar-refractivity contribution >= 4 is 34.5 Å². The highest BCUT2D eigenvalue weighted by Crippen LogP contribution is 2.43. The van der Waals surface area contributed by atoms with Gasteiger partial charge < -0.3 is 5.11 Å². The zero-order chi connectivity index (χ0) is 19.7. The molecule has 1 saturated heterocycles. The lowest BCUT2D eigenvalue weighted by Gasteiger charge is -2.24. The van der Waals surface area contributed by atoms with Gasteiger partial charge in [-0.2, -0.15) is 0 Å². The Hall–Kier alpha value is -3.18. The van der Waals surface area contributed by atoms with Crippen molar-refractivity contribution in [3.8, 4) is 0 Å². The fraction of sp³-hybridized carbons (Fsp3) is 0.130. The molecule has 1 atom stereocenters. The van der Waals surface area contributed by atoms with Gasteiger partial charge in [0.2, 0.25) is 0 Å². The zero-order valence-electron chi connectivity index (χ0n) is 15.3. The van der Waals surface area contributed by atoms with E-state index < -0.39 is 17.7 Å². The largest absolute Gasteiger partial charge is 0.507 e. The van der Waals surface area contributed by atoms with E-state index in [0.717, 1.165) is 16.9 Å². The van der Waals surface area contributed by atoms with Crippen molar-refractivity contribution in [2.24, 2.45) is 0 Å². The van der Waals surface area contributed by atoms with E-state index >= 15 is 0 Å². The summed E-state index contributed by atoms with van der Waals surface area (Å²) in [5.41, 5.74) is 2.43. The monoisotopic (exact) mass is 389 g/mol. The number of ketones is 1. The summed E-state index contributed by atoms with van der Waals surface area (Å²) in [6.07, 6.45) is 0.890. The molecule has 1 N–H and O–H groups in total. The number of amides is 1. The van der Waals surface area contributed by atoms with Gasteiger partial charge in [0, 0.05) is 16.1 Å². The number of nitrogens with zero attached hydrogens (tertiary/aromatic N) is 1. The molecule has 2 aromatic carbocycles. The van der Waals surface area contributed by atoms with Crippen LogP contribution in [0.5, 0.6) is 0 Å². The highest BCUT2D eigenvalue weighted by molar-refractivity contribution is 7.10. The van der Waals surface area contributed by atoms with Gasteiger partial charge in [0.15, 0.2) is 0 Å². The lowest BCUT2D eigenvalue weighted by atomic mass is 9.99. The molecule has 0 spiro atoms. The van der Waals surface area contributed by atoms with E-state index in [9.17, 15) is 14.7 Å². The second-order valence-corrected chi connectivity index (χ2v) is 7.55. The van der Waals surface area contributed by atoms with Crippen molar-refractivity contribution in [3.63, 3.8) is 0 Å². The first-order valence-corrected chi connectivity index (χ1v) is 9.98. The first-order chi connectivity index (χ1) is 13.6. The van der Waals surface area contributed by atoms with Gasteiger partial charge in [0.1, 0.15) is 11.8 Å². The van der Waals surface area contributed by atoms with E-state index in [0.29, 0.717) is 11.3 Å². The topological polar surface area (TPSA) is 57.6 Å². The maximum Gasteiger partial charge on any atom is 0.300 e. The normalized spacial score (nSPS) is 18.6. The molecule has 1 aliphatic rings. The molecule has 0 radical (unpaired) electrons. The molecule has 1 aliphatic heterocycles. The van der Waals surface area contributed by atoms with Crippen LogP contribution >= 0.6 is 11.3 Å². The van der Waals surface area contributed by atoms with Gasteiger partial charge in [-0.1, -0.05) is 55.5 Å². The van der Waals surface area contributed by atoms with E-state index in [4.69, 9.17) is 0 Å². The first kappa shape index (κ1) is 18.2. The van der Waals surface area contributed by atoms with E-state index in [1.807, 2.05) is 47.8 Å². The van der Waals surface area contributed by atoms with Crippen LogP contribution in [-0.2, 0) is 16.0 Å². The number of anilines is 1. The van der Waals surface area contributed by atoms with E-state index in [-0.39, 0.29) is 11.3 Å². The molecule has 0 bridgehead atoms. The lowest BCUT2D eigenvalue weighted by Crippen LogP contribution is -2.29. The van der Waals surface area contributed by atoms with Crippen molar-refractivity contribution in [2.45, 2.75) is 19.4 Å². The number of thiophene rings is 1. The standard InChI is InChI=1S/C23H19NO3S/c1-2-15-10-12-17(13-11-15)24-20(18-9-6-14-28-18)19(22(26)23(24)27)21(25)16-7-4-3-5-8-16/h3-14,20,25H,2H2,1H3/b21-19-. The maximum atomic E-state index is 12.9. The highest BCUT2D eigenvalue weighted by Gasteiger charge is 2.47. The Morgan fingerprint density at radius 1 is 1.00 bits per heavy atom. The van der Waals surface area contributed by atoms with Gasteiger partial charge in [-0.15, -0.1) is 11.3 Å². The number of benzene rings is 2. The number of aliphatic hydroxyl groups excluding tert-OH is 1. The number of carbonyl (C=O) groups excluding carboxylic acids is 2. The molecule has 140 valence electrons. The van der Waals surface area contributed by atoms with Crippen molar-refractivity contribution in [1.82, 2.24) is 0 Å². The third kappa shape index (κ3) is 3.04. The van der Waals surface area contributed by atoms with Crippen LogP contribution < -0.4 is 4.90 Å². The van der Waals surface area contributed by atoms with Gasteiger partial charge in [-0.3, -0.25) is 14.5 Å². The van der Waals surface area contributed by atoms with Gasteiger partial charge in [0.05, 0.1) is 5.57 Å². The Morgan fingerprint density at radius 2 is 1.71 bits per heavy atom. The molecule has 4 rings (SSSR count). The Morgan fingerprint density at radius 3 is 2.32 bits per heavy atom. The summed E-state index contributed by atoms with van der Waals surface area (Å²) >= 11 is 1.46. The smallest absolute Gasteiger partial charge is 0.300 e. The second-order valence-electron chi connectivity index (χ2n) is 6.57. The predicted octanol–water partition coefficient (Wildman–Crippen LogP) is 4.94. The second kappa shape index (κ2) is 7.44. The van der Waals surface area contributed by atoms with Crippen molar-refractivity contribution < 1.29 is 14.7 Å². The summed E-state index contributed by atoms with van der Waals surface area (Å²) in [6.45, 7) is 2.06. The fourth-order valence-electron chi connectivity index (χ4n) is 3.46. The predicted molar refractivity (Wildman–Crippen MR) is 111 cm³/mol. The Labute approximate surface area is 167 Å². The number of hydrogen-bond donors (Lipinski definition) is 1. The number of aryl methyl sites for hydroxylation is 1. The molecule has 0 aliphatic carbocycles. The Balaban J connectivity index is 1.89. The number of hydrogen-bond acceptors (Lipinski definition) is 4. The lowest BCUT2D eigenvalue weighted by molar-refractivity contribution is -0.132. The van der Waals surface area contributed by atoms with Gasteiger partial charge >= 0.3 is 0 Å². The highest BCUT2D eigenvalue weighted by atomic mass is 32.1. The summed E-state index contributed by atoms with van der Waals surface area (Å²) in [6, 6.07) is 19.6. The summed E-state index contributed by atoms with van der Waals surface area (Å²) in [4.78, 5) is 28.2. The molecule has 4 nitrogen and oxygen atoms in total. The minimum absolute atomic E-state index is 0.123. The number of rotatable bonds is 4. The quantitative estimate of drug-likeness (QED) is 0.391. The van der Waals surface area contributed by atoms with Crippen LogP contribution in [0.3, 0.4) is 0 Å². The van der Waals surface area contributed by atoms with Crippen LogP contribution in [0.15, 0.2) is 77.7 Å². The molecule has 1 aromatic heterocycles. The van der Waals surface area contributed by atoms with Gasteiger partial charge in [-0.05, 0) is 35.6 Å². The summed E-state index contributed by atoms with van der Waals surface area (Å²) < 4.78 is 0. The number of aliphatic hydroxyl groups is 1.